The molecule has 0 aromatic heterocycles. The van der Waals surface area contributed by atoms with Crippen molar-refractivity contribution in [2.24, 2.45) is 0 Å². The second kappa shape index (κ2) is 9.48. The normalized spacial score (nSPS) is 10.3. The van der Waals surface area contributed by atoms with Gasteiger partial charge >= 0.3 is 0 Å². The molecule has 2 aromatic carbocycles. The third kappa shape index (κ3) is 6.55. The average molecular weight is 349 g/mol. The van der Waals surface area contributed by atoms with E-state index in [4.69, 9.17) is 11.6 Å². The molecule has 1 amide bonds. The summed E-state index contributed by atoms with van der Waals surface area (Å²) in [7, 11) is 2.02. The van der Waals surface area contributed by atoms with E-state index in [1.165, 1.54) is 5.56 Å². The maximum absolute atomic E-state index is 11.8. The predicted octanol–water partition coefficient (Wildman–Crippen LogP) is 3.83. The third-order valence-corrected chi connectivity index (χ3v) is 4.64. The minimum Gasteiger partial charge on any atom is -0.373 e. The fraction of sp³-hybridized carbons (Fsp3) is 0.278. The minimum absolute atomic E-state index is 0.0745. The lowest BCUT2D eigenvalue weighted by atomic mass is 10.2. The summed E-state index contributed by atoms with van der Waals surface area (Å²) < 4.78 is 0. The number of amides is 1. The van der Waals surface area contributed by atoms with E-state index in [9.17, 15) is 4.79 Å². The molecule has 0 heterocycles. The van der Waals surface area contributed by atoms with Crippen LogP contribution < -0.4 is 10.2 Å². The molecule has 0 fully saturated rings. The van der Waals surface area contributed by atoms with Gasteiger partial charge in [0, 0.05) is 36.6 Å². The van der Waals surface area contributed by atoms with Gasteiger partial charge in [-0.15, -0.1) is 11.8 Å². The number of nitrogens with zero attached hydrogens (tertiary/aromatic N) is 1. The van der Waals surface area contributed by atoms with Gasteiger partial charge in [-0.1, -0.05) is 41.9 Å². The van der Waals surface area contributed by atoms with Crippen molar-refractivity contribution in [2.75, 3.05) is 30.8 Å². The van der Waals surface area contributed by atoms with Crippen molar-refractivity contribution in [3.63, 3.8) is 0 Å². The zero-order chi connectivity index (χ0) is 16.5. The van der Waals surface area contributed by atoms with Crippen molar-refractivity contribution in [1.29, 1.82) is 0 Å². The van der Waals surface area contributed by atoms with E-state index in [0.717, 1.165) is 23.0 Å². The van der Waals surface area contributed by atoms with Crippen molar-refractivity contribution >= 4 is 35.0 Å². The summed E-state index contributed by atoms with van der Waals surface area (Å²) in [6.07, 6.45) is 0. The summed E-state index contributed by atoms with van der Waals surface area (Å²) in [5.74, 6) is 1.36. The molecule has 23 heavy (non-hydrogen) atoms. The van der Waals surface area contributed by atoms with Gasteiger partial charge in [-0.2, -0.15) is 0 Å². The molecule has 0 aliphatic heterocycles. The van der Waals surface area contributed by atoms with Gasteiger partial charge in [0.1, 0.15) is 0 Å². The number of carbonyl (C=O) groups is 1. The second-order valence-corrected chi connectivity index (χ2v) is 6.65. The second-order valence-electron chi connectivity index (χ2n) is 5.23. The van der Waals surface area contributed by atoms with Gasteiger partial charge < -0.3 is 10.2 Å². The number of likely N-dealkylation sites (N-methyl/N-ethyl adjacent to an activating group) is 1. The molecule has 0 atom stereocenters. The number of nitrogens with one attached hydrogen (secondary N) is 1. The lowest BCUT2D eigenvalue weighted by molar-refractivity contribution is -0.118. The molecule has 3 nitrogen and oxygen atoms in total. The topological polar surface area (TPSA) is 32.3 Å². The maximum atomic E-state index is 11.8. The summed E-state index contributed by atoms with van der Waals surface area (Å²) >= 11 is 7.46. The standard InChI is InChI=1S/C18H21ClN2OS/c1-21(17-5-3-2-4-6-17)12-11-20-18(22)14-23-13-15-7-9-16(19)10-8-15/h2-10H,11-14H2,1H3,(H,20,22). The summed E-state index contributed by atoms with van der Waals surface area (Å²) in [5.41, 5.74) is 2.33. The Morgan fingerprint density at radius 3 is 2.52 bits per heavy atom. The molecule has 0 saturated carbocycles. The van der Waals surface area contributed by atoms with Crippen molar-refractivity contribution in [1.82, 2.24) is 5.32 Å². The monoisotopic (exact) mass is 348 g/mol. The van der Waals surface area contributed by atoms with Crippen LogP contribution in [0.4, 0.5) is 5.69 Å². The SMILES string of the molecule is CN(CCNC(=O)CSCc1ccc(Cl)cc1)c1ccccc1. The predicted molar refractivity (Wildman–Crippen MR) is 100 cm³/mol. The molecule has 2 rings (SSSR count). The Morgan fingerprint density at radius 2 is 1.83 bits per heavy atom. The lowest BCUT2D eigenvalue weighted by Gasteiger charge is -2.19. The van der Waals surface area contributed by atoms with Gasteiger partial charge in [-0.3, -0.25) is 4.79 Å². The van der Waals surface area contributed by atoms with Crippen molar-refractivity contribution < 1.29 is 4.79 Å². The molecule has 2 aromatic rings. The fourth-order valence-electron chi connectivity index (χ4n) is 2.07. The highest BCUT2D eigenvalue weighted by Gasteiger charge is 2.04. The van der Waals surface area contributed by atoms with Crippen LogP contribution in [0.2, 0.25) is 5.02 Å². The first-order valence-electron chi connectivity index (χ1n) is 7.50. The Balaban J connectivity index is 1.61. The quantitative estimate of drug-likeness (QED) is 0.787. The third-order valence-electron chi connectivity index (χ3n) is 3.38. The first-order valence-corrected chi connectivity index (χ1v) is 9.03. The summed E-state index contributed by atoms with van der Waals surface area (Å²) in [4.78, 5) is 14.0. The van der Waals surface area contributed by atoms with Crippen LogP contribution >= 0.6 is 23.4 Å². The summed E-state index contributed by atoms with van der Waals surface area (Å²) in [6.45, 7) is 1.43. The Morgan fingerprint density at radius 1 is 1.13 bits per heavy atom. The molecule has 0 saturated heterocycles. The van der Waals surface area contributed by atoms with E-state index < -0.39 is 0 Å². The van der Waals surface area contributed by atoms with Crippen LogP contribution in [0.1, 0.15) is 5.56 Å². The van der Waals surface area contributed by atoms with Gasteiger partial charge in [0.2, 0.25) is 5.91 Å². The Bertz CT molecular complexity index is 604. The molecule has 5 heteroatoms. The molecule has 122 valence electrons. The van der Waals surface area contributed by atoms with Crippen LogP contribution in [0.3, 0.4) is 0 Å². The van der Waals surface area contributed by atoms with E-state index in [-0.39, 0.29) is 5.91 Å². The molecule has 0 aliphatic rings. The number of hydrogen-bond donors (Lipinski definition) is 1. The smallest absolute Gasteiger partial charge is 0.230 e. The van der Waals surface area contributed by atoms with Crippen molar-refractivity contribution in [3.8, 4) is 0 Å². The number of thioether (sulfide) groups is 1. The van der Waals surface area contributed by atoms with E-state index >= 15 is 0 Å². The first-order chi connectivity index (χ1) is 11.1. The van der Waals surface area contributed by atoms with E-state index in [1.807, 2.05) is 49.5 Å². The number of carbonyl (C=O) groups excluding carboxylic acids is 1. The van der Waals surface area contributed by atoms with Crippen LogP contribution in [-0.2, 0) is 10.5 Å². The number of rotatable bonds is 8. The summed E-state index contributed by atoms with van der Waals surface area (Å²) in [5, 5.41) is 3.69. The van der Waals surface area contributed by atoms with E-state index in [1.54, 1.807) is 11.8 Å². The van der Waals surface area contributed by atoms with Crippen LogP contribution in [0.25, 0.3) is 0 Å². The molecule has 0 radical (unpaired) electrons. The van der Waals surface area contributed by atoms with Crippen molar-refractivity contribution in [2.45, 2.75) is 5.75 Å². The fourth-order valence-corrected chi connectivity index (χ4v) is 3.01. The Hall–Kier alpha value is -1.65. The molecule has 0 spiro atoms. The van der Waals surface area contributed by atoms with Gasteiger partial charge in [0.15, 0.2) is 0 Å². The molecular formula is C18H21ClN2OS. The van der Waals surface area contributed by atoms with Gasteiger partial charge in [-0.05, 0) is 29.8 Å². The van der Waals surface area contributed by atoms with E-state index in [2.05, 4.69) is 22.3 Å². The van der Waals surface area contributed by atoms with Crippen LogP contribution in [0, 0.1) is 0 Å². The molecular weight excluding hydrogens is 328 g/mol. The van der Waals surface area contributed by atoms with E-state index in [0.29, 0.717) is 12.3 Å². The molecule has 1 N–H and O–H groups in total. The Labute approximate surface area is 147 Å². The van der Waals surface area contributed by atoms with Gasteiger partial charge in [0.25, 0.3) is 0 Å². The van der Waals surface area contributed by atoms with Crippen LogP contribution in [-0.4, -0.2) is 31.8 Å². The number of benzene rings is 2. The number of para-hydroxylation sites is 1. The van der Waals surface area contributed by atoms with Crippen molar-refractivity contribution in [3.05, 3.63) is 65.2 Å². The number of anilines is 1. The maximum Gasteiger partial charge on any atom is 0.230 e. The van der Waals surface area contributed by atoms with Gasteiger partial charge in [-0.25, -0.2) is 0 Å². The number of halogens is 1. The van der Waals surface area contributed by atoms with Crippen LogP contribution in [0.5, 0.6) is 0 Å². The largest absolute Gasteiger partial charge is 0.373 e. The highest BCUT2D eigenvalue weighted by molar-refractivity contribution is 7.99. The first kappa shape index (κ1) is 17.7. The lowest BCUT2D eigenvalue weighted by Crippen LogP contribution is -2.33. The molecule has 0 bridgehead atoms. The number of hydrogen-bond acceptors (Lipinski definition) is 3. The van der Waals surface area contributed by atoms with Crippen LogP contribution in [0.15, 0.2) is 54.6 Å². The molecule has 0 aliphatic carbocycles. The highest BCUT2D eigenvalue weighted by atomic mass is 35.5. The average Bonchev–Trinajstić information content (AvgIpc) is 2.57. The zero-order valence-electron chi connectivity index (χ0n) is 13.2. The van der Waals surface area contributed by atoms with Gasteiger partial charge in [0.05, 0.1) is 5.75 Å². The highest BCUT2D eigenvalue weighted by Crippen LogP contribution is 2.15. The Kier molecular flexibility index (Phi) is 7.30. The minimum atomic E-state index is 0.0745. The zero-order valence-corrected chi connectivity index (χ0v) is 14.7. The molecule has 0 unspecified atom stereocenters. The summed E-state index contributed by atoms with van der Waals surface area (Å²) in [6, 6.07) is 17.9.